The third-order valence-electron chi connectivity index (χ3n) is 3.45. The van der Waals surface area contributed by atoms with Crippen molar-refractivity contribution in [3.8, 4) is 0 Å². The molecule has 0 spiro atoms. The maximum Gasteiger partial charge on any atom is 0.222 e. The van der Waals surface area contributed by atoms with Crippen molar-refractivity contribution >= 4 is 11.7 Å². The topological polar surface area (TPSA) is 37.4 Å². The Labute approximate surface area is 109 Å². The number of carbonyl (C=O) groups excluding carboxylic acids is 2. The molecule has 1 unspecified atom stereocenters. The molecule has 1 rings (SSSR count). The lowest BCUT2D eigenvalue weighted by atomic mass is 10.00. The number of amides is 1. The Morgan fingerprint density at radius 2 is 1.83 bits per heavy atom. The number of benzene rings is 1. The molecule has 0 saturated carbocycles. The number of nitrogens with zero attached hydrogens (tertiary/aromatic N) is 1. The molecule has 0 heterocycles. The van der Waals surface area contributed by atoms with Gasteiger partial charge in [-0.15, -0.1) is 0 Å². The first-order valence-corrected chi connectivity index (χ1v) is 6.25. The molecule has 0 aliphatic carbocycles. The maximum atomic E-state index is 12.3. The molecule has 0 aliphatic rings. The van der Waals surface area contributed by atoms with Gasteiger partial charge in [-0.25, -0.2) is 0 Å². The number of carbonyl (C=O) groups is 2. The van der Waals surface area contributed by atoms with E-state index in [4.69, 9.17) is 0 Å². The number of ketones is 1. The van der Waals surface area contributed by atoms with Gasteiger partial charge in [0.25, 0.3) is 0 Å². The van der Waals surface area contributed by atoms with Crippen LogP contribution in [0.1, 0.15) is 41.8 Å². The summed E-state index contributed by atoms with van der Waals surface area (Å²) in [5, 5.41) is 0. The SMILES string of the molecule is CCC(=O)N(C)C(C)C(=O)c1ccc(C)c(C)c1. The Morgan fingerprint density at radius 1 is 1.22 bits per heavy atom. The van der Waals surface area contributed by atoms with Crippen molar-refractivity contribution in [3.05, 3.63) is 34.9 Å². The summed E-state index contributed by atoms with van der Waals surface area (Å²) in [6, 6.07) is 5.24. The van der Waals surface area contributed by atoms with Crippen molar-refractivity contribution in [1.82, 2.24) is 4.90 Å². The monoisotopic (exact) mass is 247 g/mol. The van der Waals surface area contributed by atoms with Gasteiger partial charge in [-0.1, -0.05) is 19.1 Å². The lowest BCUT2D eigenvalue weighted by Gasteiger charge is -2.23. The van der Waals surface area contributed by atoms with Crippen molar-refractivity contribution in [3.63, 3.8) is 0 Å². The van der Waals surface area contributed by atoms with Crippen LogP contribution in [0.3, 0.4) is 0 Å². The molecule has 18 heavy (non-hydrogen) atoms. The van der Waals surface area contributed by atoms with Gasteiger partial charge in [0.05, 0.1) is 6.04 Å². The Balaban J connectivity index is 2.93. The zero-order valence-corrected chi connectivity index (χ0v) is 11.8. The molecular weight excluding hydrogens is 226 g/mol. The van der Waals surface area contributed by atoms with Crippen LogP contribution in [0.25, 0.3) is 0 Å². The zero-order chi connectivity index (χ0) is 13.9. The van der Waals surface area contributed by atoms with Gasteiger partial charge < -0.3 is 4.90 Å². The summed E-state index contributed by atoms with van der Waals surface area (Å²) in [6.07, 6.45) is 0.418. The van der Waals surface area contributed by atoms with Crippen LogP contribution < -0.4 is 0 Å². The average Bonchev–Trinajstić information content (AvgIpc) is 2.38. The lowest BCUT2D eigenvalue weighted by molar-refractivity contribution is -0.130. The Kier molecular flexibility index (Phi) is 4.65. The fourth-order valence-electron chi connectivity index (χ4n) is 1.78. The van der Waals surface area contributed by atoms with E-state index in [2.05, 4.69) is 0 Å². The predicted molar refractivity (Wildman–Crippen MR) is 72.8 cm³/mol. The summed E-state index contributed by atoms with van der Waals surface area (Å²) in [7, 11) is 1.68. The third-order valence-corrected chi connectivity index (χ3v) is 3.45. The Bertz CT molecular complexity index is 466. The van der Waals surface area contributed by atoms with E-state index in [0.717, 1.165) is 11.1 Å². The number of likely N-dealkylation sites (N-methyl/N-ethyl adjacent to an activating group) is 1. The second kappa shape index (κ2) is 5.80. The predicted octanol–water partition coefficient (Wildman–Crippen LogP) is 2.74. The normalized spacial score (nSPS) is 12.1. The highest BCUT2D eigenvalue weighted by molar-refractivity contribution is 6.01. The van der Waals surface area contributed by atoms with Gasteiger partial charge in [0.15, 0.2) is 5.78 Å². The van der Waals surface area contributed by atoms with Crippen LogP contribution in [0.4, 0.5) is 0 Å². The minimum Gasteiger partial charge on any atom is -0.336 e. The molecular formula is C15H21NO2. The van der Waals surface area contributed by atoms with Gasteiger partial charge in [0, 0.05) is 19.0 Å². The van der Waals surface area contributed by atoms with E-state index in [1.807, 2.05) is 32.0 Å². The molecule has 0 radical (unpaired) electrons. The van der Waals surface area contributed by atoms with Crippen LogP contribution in [0, 0.1) is 13.8 Å². The fourth-order valence-corrected chi connectivity index (χ4v) is 1.78. The van der Waals surface area contributed by atoms with Crippen LogP contribution in [-0.4, -0.2) is 29.7 Å². The Hall–Kier alpha value is -1.64. The van der Waals surface area contributed by atoms with Gasteiger partial charge in [-0.05, 0) is 38.0 Å². The van der Waals surface area contributed by atoms with E-state index in [1.165, 1.54) is 4.90 Å². The first kappa shape index (κ1) is 14.4. The van der Waals surface area contributed by atoms with E-state index in [0.29, 0.717) is 12.0 Å². The van der Waals surface area contributed by atoms with Gasteiger partial charge in [0.1, 0.15) is 0 Å². The fraction of sp³-hybridized carbons (Fsp3) is 0.467. The van der Waals surface area contributed by atoms with E-state index >= 15 is 0 Å². The molecule has 0 aromatic heterocycles. The zero-order valence-electron chi connectivity index (χ0n) is 11.8. The number of hydrogen-bond donors (Lipinski definition) is 0. The highest BCUT2D eigenvalue weighted by Crippen LogP contribution is 2.14. The summed E-state index contributed by atoms with van der Waals surface area (Å²) in [5.41, 5.74) is 2.93. The lowest BCUT2D eigenvalue weighted by Crippen LogP contribution is -2.40. The molecule has 0 fully saturated rings. The number of Topliss-reactive ketones (excluding diaryl/α,β-unsaturated/α-hetero) is 1. The molecule has 1 amide bonds. The average molecular weight is 247 g/mol. The molecule has 3 heteroatoms. The summed E-state index contributed by atoms with van der Waals surface area (Å²) >= 11 is 0. The van der Waals surface area contributed by atoms with E-state index in [9.17, 15) is 9.59 Å². The minimum atomic E-state index is -0.417. The molecule has 1 aromatic rings. The second-order valence-corrected chi connectivity index (χ2v) is 4.70. The standard InChI is InChI=1S/C15H21NO2/c1-6-14(17)16(5)12(4)15(18)13-8-7-10(2)11(3)9-13/h7-9,12H,6H2,1-5H3. The molecule has 0 bridgehead atoms. The highest BCUT2D eigenvalue weighted by Gasteiger charge is 2.22. The molecule has 1 atom stereocenters. The quantitative estimate of drug-likeness (QED) is 0.767. The van der Waals surface area contributed by atoms with Crippen molar-refractivity contribution < 1.29 is 9.59 Å². The smallest absolute Gasteiger partial charge is 0.222 e. The van der Waals surface area contributed by atoms with E-state index < -0.39 is 6.04 Å². The molecule has 0 aliphatic heterocycles. The van der Waals surface area contributed by atoms with E-state index in [1.54, 1.807) is 20.9 Å². The van der Waals surface area contributed by atoms with Crippen molar-refractivity contribution in [1.29, 1.82) is 0 Å². The Morgan fingerprint density at radius 3 is 2.33 bits per heavy atom. The van der Waals surface area contributed by atoms with Crippen LogP contribution in [0.2, 0.25) is 0 Å². The largest absolute Gasteiger partial charge is 0.336 e. The van der Waals surface area contributed by atoms with Gasteiger partial charge >= 0.3 is 0 Å². The summed E-state index contributed by atoms with van der Waals surface area (Å²) in [4.78, 5) is 25.4. The summed E-state index contributed by atoms with van der Waals surface area (Å²) < 4.78 is 0. The number of hydrogen-bond acceptors (Lipinski definition) is 2. The third kappa shape index (κ3) is 2.97. The van der Waals surface area contributed by atoms with Crippen LogP contribution in [0.15, 0.2) is 18.2 Å². The highest BCUT2D eigenvalue weighted by atomic mass is 16.2. The number of rotatable bonds is 4. The molecule has 98 valence electrons. The van der Waals surface area contributed by atoms with Gasteiger partial charge in [0.2, 0.25) is 5.91 Å². The van der Waals surface area contributed by atoms with Crippen molar-refractivity contribution in [2.75, 3.05) is 7.05 Å². The van der Waals surface area contributed by atoms with Gasteiger partial charge in [-0.2, -0.15) is 0 Å². The minimum absolute atomic E-state index is 0.0117. The molecule has 0 N–H and O–H groups in total. The maximum absolute atomic E-state index is 12.3. The first-order valence-electron chi connectivity index (χ1n) is 6.25. The van der Waals surface area contributed by atoms with Crippen molar-refractivity contribution in [2.45, 2.75) is 40.2 Å². The first-order chi connectivity index (χ1) is 8.38. The van der Waals surface area contributed by atoms with Crippen molar-refractivity contribution in [2.24, 2.45) is 0 Å². The molecule has 1 aromatic carbocycles. The second-order valence-electron chi connectivity index (χ2n) is 4.70. The van der Waals surface area contributed by atoms with Crippen LogP contribution >= 0.6 is 0 Å². The molecule has 0 saturated heterocycles. The van der Waals surface area contributed by atoms with Gasteiger partial charge in [-0.3, -0.25) is 9.59 Å². The van der Waals surface area contributed by atoms with Crippen LogP contribution in [0.5, 0.6) is 0 Å². The van der Waals surface area contributed by atoms with Crippen LogP contribution in [-0.2, 0) is 4.79 Å². The summed E-state index contributed by atoms with van der Waals surface area (Å²) in [5.74, 6) is -0.0258. The molecule has 3 nitrogen and oxygen atoms in total. The van der Waals surface area contributed by atoms with E-state index in [-0.39, 0.29) is 11.7 Å². The number of aryl methyl sites for hydroxylation is 2. The summed E-state index contributed by atoms with van der Waals surface area (Å²) in [6.45, 7) is 7.56.